The van der Waals surface area contributed by atoms with Crippen molar-refractivity contribution in [3.05, 3.63) is 107 Å². The topological polar surface area (TPSA) is 52.6 Å². The quantitative estimate of drug-likeness (QED) is 0.269. The molecular formula is C26H25ClO4. The van der Waals surface area contributed by atoms with Crippen molar-refractivity contribution in [2.75, 3.05) is 13.2 Å². The minimum absolute atomic E-state index is 0.136. The van der Waals surface area contributed by atoms with Crippen molar-refractivity contribution < 1.29 is 19.1 Å². The van der Waals surface area contributed by atoms with Crippen LogP contribution >= 0.6 is 11.6 Å². The highest BCUT2D eigenvalue weighted by molar-refractivity contribution is 6.31. The van der Waals surface area contributed by atoms with Gasteiger partial charge in [-0.1, -0.05) is 90.5 Å². The Morgan fingerprint density at radius 3 is 1.58 bits per heavy atom. The second-order valence-corrected chi connectivity index (χ2v) is 7.36. The predicted molar refractivity (Wildman–Crippen MR) is 121 cm³/mol. The molecule has 0 N–H and O–H groups in total. The molecule has 0 bridgehead atoms. The second kappa shape index (κ2) is 10.3. The number of benzene rings is 3. The number of carbonyl (C=O) groups excluding carboxylic acids is 2. The molecule has 0 spiro atoms. The second-order valence-electron chi connectivity index (χ2n) is 6.96. The largest absolute Gasteiger partial charge is 0.465 e. The van der Waals surface area contributed by atoms with Crippen molar-refractivity contribution in [3.8, 4) is 0 Å². The minimum atomic E-state index is -1.29. The van der Waals surface area contributed by atoms with Gasteiger partial charge in [0.1, 0.15) is 0 Å². The highest BCUT2D eigenvalue weighted by Gasteiger charge is 2.53. The van der Waals surface area contributed by atoms with Gasteiger partial charge in [0.05, 0.1) is 18.6 Å². The SMILES string of the molecule is CCOC(=O)C(C(=O)OCC)C(c1ccccc1)(c1ccccc1)c1ccccc1Cl. The number of hydrogen-bond acceptors (Lipinski definition) is 4. The third-order valence-corrected chi connectivity index (χ3v) is 5.56. The van der Waals surface area contributed by atoms with Gasteiger partial charge in [0.2, 0.25) is 0 Å². The van der Waals surface area contributed by atoms with E-state index in [0.717, 1.165) is 11.1 Å². The number of halogens is 1. The molecule has 0 fully saturated rings. The van der Waals surface area contributed by atoms with Crippen LogP contribution in [-0.4, -0.2) is 25.2 Å². The highest BCUT2D eigenvalue weighted by atomic mass is 35.5. The molecule has 3 aromatic rings. The molecule has 0 aliphatic rings. The number of hydrogen-bond donors (Lipinski definition) is 0. The van der Waals surface area contributed by atoms with Crippen LogP contribution in [0.3, 0.4) is 0 Å². The number of carbonyl (C=O) groups is 2. The lowest BCUT2D eigenvalue weighted by Crippen LogP contribution is -2.48. The molecule has 3 aromatic carbocycles. The van der Waals surface area contributed by atoms with Gasteiger partial charge in [-0.3, -0.25) is 9.59 Å². The van der Waals surface area contributed by atoms with Crippen LogP contribution in [-0.2, 0) is 24.5 Å². The maximum absolute atomic E-state index is 13.4. The van der Waals surface area contributed by atoms with Crippen molar-refractivity contribution in [2.45, 2.75) is 19.3 Å². The fourth-order valence-electron chi connectivity index (χ4n) is 4.05. The maximum Gasteiger partial charge on any atom is 0.321 e. The highest BCUT2D eigenvalue weighted by Crippen LogP contribution is 2.48. The third-order valence-electron chi connectivity index (χ3n) is 5.23. The number of rotatable bonds is 8. The molecule has 31 heavy (non-hydrogen) atoms. The van der Waals surface area contributed by atoms with Crippen molar-refractivity contribution in [1.82, 2.24) is 0 Å². The van der Waals surface area contributed by atoms with Crippen LogP contribution in [0, 0.1) is 5.92 Å². The zero-order valence-electron chi connectivity index (χ0n) is 17.6. The monoisotopic (exact) mass is 436 g/mol. The van der Waals surface area contributed by atoms with E-state index in [2.05, 4.69) is 0 Å². The van der Waals surface area contributed by atoms with Crippen molar-refractivity contribution in [1.29, 1.82) is 0 Å². The molecule has 5 heteroatoms. The average Bonchev–Trinajstić information content (AvgIpc) is 2.79. The Morgan fingerprint density at radius 2 is 1.16 bits per heavy atom. The van der Waals surface area contributed by atoms with E-state index in [1.807, 2.05) is 78.9 Å². The van der Waals surface area contributed by atoms with E-state index < -0.39 is 23.3 Å². The first-order valence-corrected chi connectivity index (χ1v) is 10.6. The van der Waals surface area contributed by atoms with Gasteiger partial charge in [-0.25, -0.2) is 0 Å². The van der Waals surface area contributed by atoms with Gasteiger partial charge in [-0.15, -0.1) is 0 Å². The molecule has 0 amide bonds. The summed E-state index contributed by atoms with van der Waals surface area (Å²) in [5.41, 5.74) is 0.848. The van der Waals surface area contributed by atoms with E-state index in [-0.39, 0.29) is 13.2 Å². The summed E-state index contributed by atoms with van der Waals surface area (Å²) < 4.78 is 10.8. The average molecular weight is 437 g/mol. The Bertz CT molecular complexity index is 960. The summed E-state index contributed by atoms with van der Waals surface area (Å²) in [5, 5.41) is 0.439. The number of esters is 2. The predicted octanol–water partition coefficient (Wildman–Crippen LogP) is 5.42. The fourth-order valence-corrected chi connectivity index (χ4v) is 4.34. The standard InChI is InChI=1S/C26H25ClO4/c1-3-30-24(28)23(25(29)31-4-2)26(19-13-7-5-8-14-19,20-15-9-6-10-16-20)21-17-11-12-18-22(21)27/h5-18,23H,3-4H2,1-2H3. The molecule has 0 saturated carbocycles. The maximum atomic E-state index is 13.4. The number of ether oxygens (including phenoxy) is 2. The Morgan fingerprint density at radius 1 is 0.742 bits per heavy atom. The smallest absolute Gasteiger partial charge is 0.321 e. The van der Waals surface area contributed by atoms with Crippen molar-refractivity contribution >= 4 is 23.5 Å². The molecule has 3 rings (SSSR count). The lowest BCUT2D eigenvalue weighted by molar-refractivity contribution is -0.163. The first-order valence-electron chi connectivity index (χ1n) is 10.3. The normalized spacial score (nSPS) is 11.2. The summed E-state index contributed by atoms with van der Waals surface area (Å²) in [6, 6.07) is 26.1. The fraction of sp³-hybridized carbons (Fsp3) is 0.231. The van der Waals surface area contributed by atoms with E-state index in [1.165, 1.54) is 0 Å². The summed E-state index contributed by atoms with van der Waals surface area (Å²) >= 11 is 6.71. The molecule has 0 aliphatic heterocycles. The lowest BCUT2D eigenvalue weighted by Gasteiger charge is -2.40. The zero-order chi connectivity index (χ0) is 22.3. The van der Waals surface area contributed by atoms with Gasteiger partial charge in [0, 0.05) is 5.02 Å². The van der Waals surface area contributed by atoms with E-state index in [0.29, 0.717) is 10.6 Å². The molecular weight excluding hydrogens is 412 g/mol. The summed E-state index contributed by atoms with van der Waals surface area (Å²) in [6.07, 6.45) is 0. The molecule has 0 atom stereocenters. The Hall–Kier alpha value is -3.11. The van der Waals surface area contributed by atoms with Crippen LogP contribution in [0.4, 0.5) is 0 Å². The van der Waals surface area contributed by atoms with Gasteiger partial charge in [-0.05, 0) is 36.6 Å². The first-order chi connectivity index (χ1) is 15.1. The van der Waals surface area contributed by atoms with Crippen LogP contribution < -0.4 is 0 Å². The van der Waals surface area contributed by atoms with Gasteiger partial charge in [0.15, 0.2) is 5.92 Å². The lowest BCUT2D eigenvalue weighted by atomic mass is 9.61. The molecule has 0 saturated heterocycles. The van der Waals surface area contributed by atoms with Crippen molar-refractivity contribution in [3.63, 3.8) is 0 Å². The van der Waals surface area contributed by atoms with Crippen LogP contribution in [0.5, 0.6) is 0 Å². The van der Waals surface area contributed by atoms with Crippen LogP contribution in [0.2, 0.25) is 5.02 Å². The van der Waals surface area contributed by atoms with E-state index in [1.54, 1.807) is 19.9 Å². The Labute approximate surface area is 187 Å². The third kappa shape index (κ3) is 4.35. The summed E-state index contributed by atoms with van der Waals surface area (Å²) in [6.45, 7) is 3.69. The molecule has 4 nitrogen and oxygen atoms in total. The summed E-state index contributed by atoms with van der Waals surface area (Å²) in [7, 11) is 0. The zero-order valence-corrected chi connectivity index (χ0v) is 18.3. The summed E-state index contributed by atoms with van der Waals surface area (Å²) in [5.74, 6) is -2.61. The summed E-state index contributed by atoms with van der Waals surface area (Å²) in [4.78, 5) is 26.7. The van der Waals surface area contributed by atoms with Crippen LogP contribution in [0.1, 0.15) is 30.5 Å². The van der Waals surface area contributed by atoms with Crippen LogP contribution in [0.25, 0.3) is 0 Å². The van der Waals surface area contributed by atoms with Crippen LogP contribution in [0.15, 0.2) is 84.9 Å². The first kappa shape index (κ1) is 22.6. The van der Waals surface area contributed by atoms with Gasteiger partial charge < -0.3 is 9.47 Å². The Kier molecular flexibility index (Phi) is 7.48. The molecule has 0 aliphatic carbocycles. The van der Waals surface area contributed by atoms with Gasteiger partial charge in [0.25, 0.3) is 0 Å². The van der Waals surface area contributed by atoms with Gasteiger partial charge in [-0.2, -0.15) is 0 Å². The Balaban J connectivity index is 2.48. The van der Waals surface area contributed by atoms with E-state index >= 15 is 0 Å². The molecule has 160 valence electrons. The molecule has 0 aromatic heterocycles. The molecule has 0 radical (unpaired) electrons. The van der Waals surface area contributed by atoms with E-state index in [4.69, 9.17) is 21.1 Å². The molecule has 0 heterocycles. The van der Waals surface area contributed by atoms with Crippen molar-refractivity contribution in [2.24, 2.45) is 5.92 Å². The van der Waals surface area contributed by atoms with E-state index in [9.17, 15) is 9.59 Å². The minimum Gasteiger partial charge on any atom is -0.465 e. The molecule has 0 unspecified atom stereocenters. The van der Waals surface area contributed by atoms with Gasteiger partial charge >= 0.3 is 11.9 Å².